The normalized spacial score (nSPS) is 15.2. The van der Waals surface area contributed by atoms with Crippen molar-refractivity contribution in [3.63, 3.8) is 0 Å². The van der Waals surface area contributed by atoms with Gasteiger partial charge in [-0.2, -0.15) is 0 Å². The number of rotatable bonds is 6. The van der Waals surface area contributed by atoms with Crippen LogP contribution in [0.2, 0.25) is 0 Å². The van der Waals surface area contributed by atoms with Gasteiger partial charge in [-0.05, 0) is 39.2 Å². The van der Waals surface area contributed by atoms with Crippen LogP contribution in [-0.4, -0.2) is 46.7 Å². The van der Waals surface area contributed by atoms with Gasteiger partial charge < -0.3 is 14.6 Å². The lowest BCUT2D eigenvalue weighted by molar-refractivity contribution is -0.132. The van der Waals surface area contributed by atoms with E-state index in [2.05, 4.69) is 4.98 Å². The first-order valence-corrected chi connectivity index (χ1v) is 7.96. The Balaban J connectivity index is 2.34. The maximum atomic E-state index is 12.9. The van der Waals surface area contributed by atoms with Crippen LogP contribution in [0.5, 0.6) is 0 Å². The summed E-state index contributed by atoms with van der Waals surface area (Å²) in [6, 6.07) is -0.366. The number of H-pyrrole nitrogens is 1. The highest BCUT2D eigenvalue weighted by Crippen LogP contribution is 2.31. The number of hydrogen-bond donors (Lipinski definition) is 1. The molecule has 23 heavy (non-hydrogen) atoms. The van der Waals surface area contributed by atoms with E-state index in [0.717, 1.165) is 12.8 Å². The summed E-state index contributed by atoms with van der Waals surface area (Å²) in [5, 5.41) is 0. The smallest absolute Gasteiger partial charge is 0.354 e. The number of aryl methyl sites for hydroxylation is 1. The Morgan fingerprint density at radius 3 is 2.39 bits per heavy atom. The Hall–Kier alpha value is -2.11. The number of esters is 1. The first kappa shape index (κ1) is 17.2. The predicted molar refractivity (Wildman–Crippen MR) is 85.6 cm³/mol. The molecule has 1 unspecified atom stereocenters. The number of Topliss-reactive ketones (excluding diaryl/α,β-unsaturated/α-hetero) is 1. The fourth-order valence-electron chi connectivity index (χ4n) is 3.03. The number of nitrogens with one attached hydrogen (secondary N) is 1. The van der Waals surface area contributed by atoms with E-state index in [0.29, 0.717) is 28.9 Å². The van der Waals surface area contributed by atoms with Gasteiger partial charge in [-0.3, -0.25) is 9.59 Å². The summed E-state index contributed by atoms with van der Waals surface area (Å²) in [6.07, 6.45) is 2.27. The van der Waals surface area contributed by atoms with Gasteiger partial charge in [0.25, 0.3) is 0 Å². The zero-order valence-corrected chi connectivity index (χ0v) is 14.4. The molecule has 1 fully saturated rings. The SMILES string of the molecule is CCC(=O)N(C1CC1)C(C)C(=O)c1c(C)[nH]c(C(=O)OC)c1C. The number of carbonyl (C=O) groups is 3. The highest BCUT2D eigenvalue weighted by molar-refractivity contribution is 6.06. The fourth-order valence-corrected chi connectivity index (χ4v) is 3.03. The Kier molecular flexibility index (Phi) is 4.92. The molecule has 0 aliphatic heterocycles. The molecule has 1 atom stereocenters. The molecule has 0 saturated heterocycles. The van der Waals surface area contributed by atoms with Gasteiger partial charge in [-0.25, -0.2) is 4.79 Å². The molecule has 1 saturated carbocycles. The number of aromatic nitrogens is 1. The lowest BCUT2D eigenvalue weighted by atomic mass is 9.99. The van der Waals surface area contributed by atoms with Crippen LogP contribution in [0.15, 0.2) is 0 Å². The molecule has 1 aromatic rings. The molecule has 0 spiro atoms. The molecule has 1 amide bonds. The second kappa shape index (κ2) is 6.56. The minimum absolute atomic E-state index is 0.00705. The van der Waals surface area contributed by atoms with E-state index in [4.69, 9.17) is 4.74 Å². The van der Waals surface area contributed by atoms with Gasteiger partial charge in [0.05, 0.1) is 13.2 Å². The summed E-state index contributed by atoms with van der Waals surface area (Å²) < 4.78 is 4.73. The maximum Gasteiger partial charge on any atom is 0.354 e. The Bertz CT molecular complexity index is 643. The summed E-state index contributed by atoms with van der Waals surface area (Å²) >= 11 is 0. The Labute approximate surface area is 136 Å². The molecule has 1 aliphatic carbocycles. The van der Waals surface area contributed by atoms with Crippen molar-refractivity contribution < 1.29 is 19.1 Å². The molecule has 0 radical (unpaired) electrons. The summed E-state index contributed by atoms with van der Waals surface area (Å²) in [7, 11) is 1.30. The number of ether oxygens (including phenoxy) is 1. The van der Waals surface area contributed by atoms with Crippen molar-refractivity contribution in [1.82, 2.24) is 9.88 Å². The third-order valence-electron chi connectivity index (χ3n) is 4.40. The third-order valence-corrected chi connectivity index (χ3v) is 4.40. The quantitative estimate of drug-likeness (QED) is 0.645. The van der Waals surface area contributed by atoms with E-state index >= 15 is 0 Å². The van der Waals surface area contributed by atoms with Crippen molar-refractivity contribution in [2.75, 3.05) is 7.11 Å². The average Bonchev–Trinajstić information content (AvgIpc) is 3.31. The van der Waals surface area contributed by atoms with Gasteiger partial charge in [0, 0.05) is 23.7 Å². The monoisotopic (exact) mass is 320 g/mol. The molecule has 1 aromatic heterocycles. The molecule has 6 nitrogen and oxygen atoms in total. The molecular formula is C17H24N2O4. The first-order chi connectivity index (χ1) is 10.8. The van der Waals surface area contributed by atoms with Gasteiger partial charge in [0.15, 0.2) is 5.78 Å². The average molecular weight is 320 g/mol. The van der Waals surface area contributed by atoms with Crippen LogP contribution < -0.4 is 0 Å². The summed E-state index contributed by atoms with van der Waals surface area (Å²) in [6.45, 7) is 7.04. The number of aromatic amines is 1. The first-order valence-electron chi connectivity index (χ1n) is 7.96. The van der Waals surface area contributed by atoms with E-state index in [9.17, 15) is 14.4 Å². The summed E-state index contributed by atoms with van der Waals surface area (Å²) in [4.78, 5) is 41.5. The van der Waals surface area contributed by atoms with Gasteiger partial charge in [0.1, 0.15) is 5.69 Å². The zero-order valence-electron chi connectivity index (χ0n) is 14.4. The van der Waals surface area contributed by atoms with Crippen molar-refractivity contribution in [3.8, 4) is 0 Å². The fraction of sp³-hybridized carbons (Fsp3) is 0.588. The van der Waals surface area contributed by atoms with Crippen LogP contribution in [0.25, 0.3) is 0 Å². The zero-order chi connectivity index (χ0) is 17.3. The number of methoxy groups -OCH3 is 1. The standard InChI is InChI=1S/C17H24N2O4/c1-6-13(20)19(12-7-8-12)11(4)16(21)14-9(2)15(17(22)23-5)18-10(14)3/h11-12,18H,6-8H2,1-5H3. The molecule has 0 bridgehead atoms. The number of amides is 1. The molecule has 1 N–H and O–H groups in total. The molecule has 1 heterocycles. The second-order valence-electron chi connectivity index (χ2n) is 6.04. The van der Waals surface area contributed by atoms with E-state index in [1.807, 2.05) is 0 Å². The predicted octanol–water partition coefficient (Wildman–Crippen LogP) is 2.39. The van der Waals surface area contributed by atoms with Crippen LogP contribution in [0.1, 0.15) is 65.2 Å². The number of hydrogen-bond acceptors (Lipinski definition) is 4. The highest BCUT2D eigenvalue weighted by Gasteiger charge is 2.39. The molecule has 0 aromatic carbocycles. The van der Waals surface area contributed by atoms with Gasteiger partial charge in [-0.1, -0.05) is 6.92 Å². The second-order valence-corrected chi connectivity index (χ2v) is 6.04. The molecule has 126 valence electrons. The van der Waals surface area contributed by atoms with Crippen LogP contribution in [0.3, 0.4) is 0 Å². The van der Waals surface area contributed by atoms with Crippen LogP contribution in [0, 0.1) is 13.8 Å². The lowest BCUT2D eigenvalue weighted by Gasteiger charge is -2.28. The summed E-state index contributed by atoms with van der Waals surface area (Å²) in [5.41, 5.74) is 1.97. The topological polar surface area (TPSA) is 79.5 Å². The molecular weight excluding hydrogens is 296 g/mol. The largest absolute Gasteiger partial charge is 0.464 e. The Morgan fingerprint density at radius 2 is 1.91 bits per heavy atom. The molecule has 2 rings (SSSR count). The van der Waals surface area contributed by atoms with Crippen molar-refractivity contribution in [2.45, 2.75) is 59.0 Å². The summed E-state index contributed by atoms with van der Waals surface area (Å²) in [5.74, 6) is -0.645. The number of ketones is 1. The minimum atomic E-state index is -0.534. The van der Waals surface area contributed by atoms with E-state index < -0.39 is 12.0 Å². The van der Waals surface area contributed by atoms with E-state index in [-0.39, 0.29) is 17.7 Å². The lowest BCUT2D eigenvalue weighted by Crippen LogP contribution is -2.44. The maximum absolute atomic E-state index is 12.9. The van der Waals surface area contributed by atoms with Crippen LogP contribution >= 0.6 is 0 Å². The van der Waals surface area contributed by atoms with E-state index in [1.54, 1.807) is 32.6 Å². The minimum Gasteiger partial charge on any atom is -0.464 e. The van der Waals surface area contributed by atoms with E-state index in [1.165, 1.54) is 7.11 Å². The van der Waals surface area contributed by atoms with Gasteiger partial charge in [0.2, 0.25) is 5.91 Å². The van der Waals surface area contributed by atoms with Gasteiger partial charge >= 0.3 is 5.97 Å². The Morgan fingerprint density at radius 1 is 1.30 bits per heavy atom. The van der Waals surface area contributed by atoms with Gasteiger partial charge in [-0.15, -0.1) is 0 Å². The third kappa shape index (κ3) is 3.16. The van der Waals surface area contributed by atoms with Crippen LogP contribution in [-0.2, 0) is 9.53 Å². The van der Waals surface area contributed by atoms with Crippen molar-refractivity contribution in [2.24, 2.45) is 0 Å². The van der Waals surface area contributed by atoms with Crippen molar-refractivity contribution >= 4 is 17.7 Å². The van der Waals surface area contributed by atoms with Crippen molar-refractivity contribution in [1.29, 1.82) is 0 Å². The molecule has 1 aliphatic rings. The number of nitrogens with zero attached hydrogens (tertiary/aromatic N) is 1. The van der Waals surface area contributed by atoms with Crippen LogP contribution in [0.4, 0.5) is 0 Å². The highest BCUT2D eigenvalue weighted by atomic mass is 16.5. The molecule has 6 heteroatoms. The van der Waals surface area contributed by atoms with Crippen molar-refractivity contribution in [3.05, 3.63) is 22.5 Å². The number of carbonyl (C=O) groups excluding carboxylic acids is 3.